The number of ether oxygens (including phenoxy) is 1. The van der Waals surface area contributed by atoms with Gasteiger partial charge in [-0.3, -0.25) is 4.79 Å². The van der Waals surface area contributed by atoms with Crippen LogP contribution in [0.2, 0.25) is 0 Å². The molecule has 0 fully saturated rings. The Morgan fingerprint density at radius 1 is 1.19 bits per heavy atom. The molecule has 0 saturated heterocycles. The molecule has 1 aromatic rings. The number of carbonyl (C=O) groups is 1. The molecule has 1 aromatic carbocycles. The number of thioether (sulfide) groups is 1. The molecule has 1 aliphatic heterocycles. The first-order valence-corrected chi connectivity index (χ1v) is 9.32. The van der Waals surface area contributed by atoms with Crippen LogP contribution < -0.4 is 5.32 Å². The predicted octanol–water partition coefficient (Wildman–Crippen LogP) is 4.50. The number of esters is 1. The highest BCUT2D eigenvalue weighted by Gasteiger charge is 2.35. The lowest BCUT2D eigenvalue weighted by Crippen LogP contribution is -2.23. The van der Waals surface area contributed by atoms with E-state index in [-0.39, 0.29) is 29.9 Å². The van der Waals surface area contributed by atoms with Gasteiger partial charge in [-0.2, -0.15) is 13.2 Å². The van der Waals surface area contributed by atoms with Gasteiger partial charge in [-0.15, -0.1) is 24.2 Å². The van der Waals surface area contributed by atoms with Crippen molar-refractivity contribution < 1.29 is 22.7 Å². The van der Waals surface area contributed by atoms with Gasteiger partial charge in [0.2, 0.25) is 0 Å². The van der Waals surface area contributed by atoms with Gasteiger partial charge in [0.1, 0.15) is 6.61 Å². The summed E-state index contributed by atoms with van der Waals surface area (Å²) in [6.45, 7) is 6.77. The number of halogens is 4. The fourth-order valence-corrected chi connectivity index (χ4v) is 3.74. The van der Waals surface area contributed by atoms with Crippen molar-refractivity contribution >= 4 is 30.1 Å². The van der Waals surface area contributed by atoms with Gasteiger partial charge in [-0.05, 0) is 63.9 Å². The lowest BCUT2D eigenvalue weighted by Gasteiger charge is -2.19. The van der Waals surface area contributed by atoms with Crippen molar-refractivity contribution in [1.82, 2.24) is 5.32 Å². The molecule has 0 unspecified atom stereocenters. The zero-order chi connectivity index (χ0) is 18.7. The Morgan fingerprint density at radius 3 is 2.46 bits per heavy atom. The van der Waals surface area contributed by atoms with Gasteiger partial charge in [0.25, 0.3) is 0 Å². The van der Waals surface area contributed by atoms with E-state index in [4.69, 9.17) is 4.74 Å². The summed E-state index contributed by atoms with van der Waals surface area (Å²) < 4.78 is 45.4. The number of hydrogen-bond donors (Lipinski definition) is 1. The summed E-state index contributed by atoms with van der Waals surface area (Å²) in [7, 11) is 0. The Bertz CT molecular complexity index is 630. The van der Waals surface area contributed by atoms with Crippen molar-refractivity contribution in [3.63, 3.8) is 0 Å². The number of hydrogen-bond acceptors (Lipinski definition) is 4. The smallest absolute Gasteiger partial charge is 0.417 e. The summed E-state index contributed by atoms with van der Waals surface area (Å²) in [5.41, 5.74) is 0.525. The van der Waals surface area contributed by atoms with Crippen LogP contribution in [0.25, 0.3) is 0 Å². The Kier molecular flexibility index (Phi) is 8.30. The van der Waals surface area contributed by atoms with Crippen LogP contribution in [0.5, 0.6) is 0 Å². The highest BCUT2D eigenvalue weighted by atomic mass is 35.5. The van der Waals surface area contributed by atoms with Crippen LogP contribution >= 0.6 is 24.2 Å². The summed E-state index contributed by atoms with van der Waals surface area (Å²) in [5.74, 6) is -0.0466. The van der Waals surface area contributed by atoms with Gasteiger partial charge in [0.05, 0.1) is 11.0 Å². The van der Waals surface area contributed by atoms with E-state index in [0.29, 0.717) is 18.7 Å². The largest absolute Gasteiger partial charge is 0.464 e. The molecule has 0 aromatic heterocycles. The van der Waals surface area contributed by atoms with Crippen LogP contribution in [0, 0.1) is 5.41 Å². The minimum absolute atomic E-state index is 0. The number of alkyl halides is 3. The second-order valence-electron chi connectivity index (χ2n) is 7.06. The Balaban J connectivity index is 0.00000338. The molecular weight excluding hydrogens is 387 g/mol. The molecule has 1 heterocycles. The highest BCUT2D eigenvalue weighted by molar-refractivity contribution is 7.99. The van der Waals surface area contributed by atoms with E-state index in [2.05, 4.69) is 5.32 Å². The van der Waals surface area contributed by atoms with E-state index in [1.165, 1.54) is 6.07 Å². The topological polar surface area (TPSA) is 38.3 Å². The zero-order valence-electron chi connectivity index (χ0n) is 15.2. The third kappa shape index (κ3) is 6.06. The van der Waals surface area contributed by atoms with Crippen molar-refractivity contribution in [3.05, 3.63) is 28.8 Å². The first kappa shape index (κ1) is 23.1. The molecule has 0 atom stereocenters. The van der Waals surface area contributed by atoms with E-state index in [9.17, 15) is 18.0 Å². The van der Waals surface area contributed by atoms with E-state index < -0.39 is 17.2 Å². The average Bonchev–Trinajstić information content (AvgIpc) is 2.74. The summed E-state index contributed by atoms with van der Waals surface area (Å²) in [6.07, 6.45) is -3.09. The lowest BCUT2D eigenvalue weighted by atomic mass is 9.97. The number of nitrogens with one attached hydrogen (secondary N) is 1. The van der Waals surface area contributed by atoms with Crippen LogP contribution in [0.15, 0.2) is 17.0 Å². The van der Waals surface area contributed by atoms with Gasteiger partial charge < -0.3 is 10.1 Å². The van der Waals surface area contributed by atoms with Gasteiger partial charge in [0.15, 0.2) is 0 Å². The normalized spacial score (nSPS) is 14.8. The van der Waals surface area contributed by atoms with Gasteiger partial charge in [-0.25, -0.2) is 0 Å². The first-order valence-electron chi connectivity index (χ1n) is 8.33. The van der Waals surface area contributed by atoms with Crippen LogP contribution in [0.3, 0.4) is 0 Å². The summed E-state index contributed by atoms with van der Waals surface area (Å²) in [6, 6.07) is 2.77. The zero-order valence-corrected chi connectivity index (χ0v) is 16.8. The van der Waals surface area contributed by atoms with Crippen LogP contribution in [-0.2, 0) is 28.5 Å². The van der Waals surface area contributed by atoms with Gasteiger partial charge in [-0.1, -0.05) is 6.07 Å². The van der Waals surface area contributed by atoms with Crippen molar-refractivity contribution in [1.29, 1.82) is 0 Å². The quantitative estimate of drug-likeness (QED) is 0.450. The molecule has 8 heteroatoms. The third-order valence-electron chi connectivity index (χ3n) is 3.96. The Hall–Kier alpha value is -0.920. The molecule has 148 valence electrons. The Labute approximate surface area is 162 Å². The monoisotopic (exact) mass is 411 g/mol. The summed E-state index contributed by atoms with van der Waals surface area (Å²) in [5, 5.41) is 3.22. The molecule has 1 N–H and O–H groups in total. The number of rotatable bonds is 4. The second kappa shape index (κ2) is 9.33. The van der Waals surface area contributed by atoms with Crippen molar-refractivity contribution in [3.8, 4) is 0 Å². The average molecular weight is 412 g/mol. The molecule has 0 aliphatic carbocycles. The molecule has 26 heavy (non-hydrogen) atoms. The molecule has 0 amide bonds. The highest BCUT2D eigenvalue weighted by Crippen LogP contribution is 2.40. The van der Waals surface area contributed by atoms with Crippen LogP contribution in [0.4, 0.5) is 13.2 Å². The molecular formula is C18H25ClF3NO2S. The standard InChI is InChI=1S/C18H24F3NO2S.ClH/c1-17(2,3)16(23)24-10-11-25-15-13-7-9-22-8-6-12(13)4-5-14(15)18(19,20)21;/h4-5,22H,6-11H2,1-3H3;1H. The van der Waals surface area contributed by atoms with Gasteiger partial charge >= 0.3 is 12.1 Å². The van der Waals surface area contributed by atoms with Crippen LogP contribution in [0.1, 0.15) is 37.5 Å². The number of benzene rings is 1. The summed E-state index contributed by atoms with van der Waals surface area (Å²) in [4.78, 5) is 12.0. The Morgan fingerprint density at radius 2 is 1.85 bits per heavy atom. The second-order valence-corrected chi connectivity index (χ2v) is 8.17. The number of carbonyl (C=O) groups excluding carboxylic acids is 1. The lowest BCUT2D eigenvalue weighted by molar-refractivity contribution is -0.152. The molecule has 0 bridgehead atoms. The molecule has 2 rings (SSSR count). The number of fused-ring (bicyclic) bond motifs is 1. The fraction of sp³-hybridized carbons (Fsp3) is 0.611. The minimum atomic E-state index is -4.39. The summed E-state index contributed by atoms with van der Waals surface area (Å²) >= 11 is 1.13. The van der Waals surface area contributed by atoms with E-state index >= 15 is 0 Å². The maximum absolute atomic E-state index is 13.4. The SMILES string of the molecule is CC(C)(C)C(=O)OCCSc1c(C(F)(F)F)ccc2c1CCNCC2.Cl. The maximum Gasteiger partial charge on any atom is 0.417 e. The molecule has 0 saturated carbocycles. The third-order valence-corrected chi connectivity index (χ3v) is 5.09. The molecule has 0 spiro atoms. The van der Waals surface area contributed by atoms with E-state index in [1.54, 1.807) is 26.8 Å². The van der Waals surface area contributed by atoms with Crippen molar-refractivity contribution in [2.45, 2.75) is 44.7 Å². The van der Waals surface area contributed by atoms with Crippen molar-refractivity contribution in [2.75, 3.05) is 25.4 Å². The molecule has 1 aliphatic rings. The minimum Gasteiger partial charge on any atom is -0.464 e. The van der Waals surface area contributed by atoms with Crippen LogP contribution in [-0.4, -0.2) is 31.4 Å². The maximum atomic E-state index is 13.4. The van der Waals surface area contributed by atoms with E-state index in [0.717, 1.165) is 35.9 Å². The molecule has 3 nitrogen and oxygen atoms in total. The predicted molar refractivity (Wildman–Crippen MR) is 100 cm³/mol. The van der Waals surface area contributed by atoms with Gasteiger partial charge in [0, 0.05) is 10.6 Å². The van der Waals surface area contributed by atoms with E-state index in [1.807, 2.05) is 0 Å². The fourth-order valence-electron chi connectivity index (χ4n) is 2.62. The molecule has 0 radical (unpaired) electrons. The first-order chi connectivity index (χ1) is 11.6. The van der Waals surface area contributed by atoms with Crippen molar-refractivity contribution in [2.24, 2.45) is 5.41 Å².